The maximum Gasteiger partial charge on any atom is 0.230 e. The number of para-hydroxylation sites is 2. The topological polar surface area (TPSA) is 30.2 Å². The first-order chi connectivity index (χ1) is 11.2. The largest absolute Gasteiger partial charge is 0.308 e. The van der Waals surface area contributed by atoms with Crippen LogP contribution in [0.15, 0.2) is 47.5 Å². The van der Waals surface area contributed by atoms with Gasteiger partial charge in [0.2, 0.25) is 5.95 Å². The number of aryl methyl sites for hydroxylation is 1. The van der Waals surface area contributed by atoms with E-state index in [1.54, 1.807) is 18.3 Å². The molecule has 5 heteroatoms. The highest BCUT2D eigenvalue weighted by atomic mass is 35.5. The lowest BCUT2D eigenvalue weighted by molar-refractivity contribution is 0.649. The average Bonchev–Trinajstić information content (AvgIpc) is 2.89. The van der Waals surface area contributed by atoms with Crippen molar-refractivity contribution in [2.45, 2.75) is 26.3 Å². The Balaban J connectivity index is 1.99. The van der Waals surface area contributed by atoms with Crippen LogP contribution in [0.1, 0.15) is 25.3 Å². The fourth-order valence-electron chi connectivity index (χ4n) is 2.43. The summed E-state index contributed by atoms with van der Waals surface area (Å²) in [6.07, 6.45) is 3.95. The molecule has 3 aromatic rings. The summed E-state index contributed by atoms with van der Waals surface area (Å²) in [5.41, 5.74) is 2.89. The molecule has 0 spiro atoms. The molecule has 0 aliphatic carbocycles. The van der Waals surface area contributed by atoms with E-state index in [0.717, 1.165) is 36.0 Å². The second-order valence-electron chi connectivity index (χ2n) is 5.33. The van der Waals surface area contributed by atoms with Gasteiger partial charge in [-0.05, 0) is 30.7 Å². The molecule has 3 nitrogen and oxygen atoms in total. The van der Waals surface area contributed by atoms with Crippen molar-refractivity contribution in [1.29, 1.82) is 0 Å². The zero-order chi connectivity index (χ0) is 16.2. The molecule has 0 saturated heterocycles. The Morgan fingerprint density at radius 1 is 1.17 bits per heavy atom. The van der Waals surface area contributed by atoms with E-state index in [2.05, 4.69) is 27.5 Å². The molecule has 1 aromatic heterocycles. The summed E-state index contributed by atoms with van der Waals surface area (Å²) >= 11 is 12.1. The molecule has 1 heterocycles. The Hall–Kier alpha value is -1.84. The number of hydrogen-bond acceptors (Lipinski definition) is 2. The molecule has 2 aromatic carbocycles. The minimum absolute atomic E-state index is 0.581. The molecule has 0 saturated carbocycles. The van der Waals surface area contributed by atoms with E-state index in [4.69, 9.17) is 23.2 Å². The summed E-state index contributed by atoms with van der Waals surface area (Å²) in [5, 5.41) is 1.19. The number of aliphatic imine (C=N–C) groups is 1. The van der Waals surface area contributed by atoms with Gasteiger partial charge in [0.25, 0.3) is 0 Å². The Morgan fingerprint density at radius 3 is 2.78 bits per heavy atom. The zero-order valence-corrected chi connectivity index (χ0v) is 14.3. The van der Waals surface area contributed by atoms with Gasteiger partial charge in [-0.2, -0.15) is 0 Å². The van der Waals surface area contributed by atoms with Crippen LogP contribution in [0.3, 0.4) is 0 Å². The van der Waals surface area contributed by atoms with E-state index >= 15 is 0 Å². The maximum atomic E-state index is 6.19. The molecule has 0 atom stereocenters. The number of hydrogen-bond donors (Lipinski definition) is 0. The standard InChI is InChI=1S/C18H17Cl2N3/c1-2-3-10-23-17-7-5-4-6-16(17)22-18(23)21-12-13-8-9-14(19)11-15(13)20/h4-9,11-12H,2-3,10H2,1H3. The lowest BCUT2D eigenvalue weighted by Gasteiger charge is -2.05. The molecule has 0 aliphatic heterocycles. The number of halogens is 2. The molecule has 0 N–H and O–H groups in total. The number of nitrogens with zero attached hydrogens (tertiary/aromatic N) is 3. The van der Waals surface area contributed by atoms with Crippen LogP contribution in [0.4, 0.5) is 5.95 Å². The average molecular weight is 346 g/mol. The molecule has 0 fully saturated rings. The van der Waals surface area contributed by atoms with Gasteiger partial charge in [-0.15, -0.1) is 0 Å². The highest BCUT2D eigenvalue weighted by Gasteiger charge is 2.09. The van der Waals surface area contributed by atoms with Crippen molar-refractivity contribution in [1.82, 2.24) is 9.55 Å². The smallest absolute Gasteiger partial charge is 0.230 e. The lowest BCUT2D eigenvalue weighted by Crippen LogP contribution is -1.97. The van der Waals surface area contributed by atoms with Crippen molar-refractivity contribution in [3.63, 3.8) is 0 Å². The highest BCUT2D eigenvalue weighted by Crippen LogP contribution is 2.24. The molecule has 0 amide bonds. The first-order valence-corrected chi connectivity index (χ1v) is 8.39. The van der Waals surface area contributed by atoms with E-state index < -0.39 is 0 Å². The molecule has 3 rings (SSSR count). The summed E-state index contributed by atoms with van der Waals surface area (Å²) < 4.78 is 2.15. The van der Waals surface area contributed by atoms with Crippen LogP contribution in [0.5, 0.6) is 0 Å². The third kappa shape index (κ3) is 3.57. The number of aromatic nitrogens is 2. The Kier molecular flexibility index (Phi) is 4.99. The summed E-state index contributed by atoms with van der Waals surface area (Å²) in [5.74, 6) is 0.700. The van der Waals surface area contributed by atoms with Gasteiger partial charge >= 0.3 is 0 Å². The number of benzene rings is 2. The predicted octanol–water partition coefficient (Wildman–Crippen LogP) is 5.89. The van der Waals surface area contributed by atoms with Gasteiger partial charge in [-0.25, -0.2) is 9.98 Å². The van der Waals surface area contributed by atoms with Gasteiger partial charge in [-0.3, -0.25) is 0 Å². The van der Waals surface area contributed by atoms with Gasteiger partial charge < -0.3 is 4.57 Å². The van der Waals surface area contributed by atoms with Crippen molar-refractivity contribution in [3.05, 3.63) is 58.1 Å². The van der Waals surface area contributed by atoms with E-state index in [-0.39, 0.29) is 0 Å². The van der Waals surface area contributed by atoms with Crippen molar-refractivity contribution >= 4 is 46.4 Å². The second-order valence-corrected chi connectivity index (χ2v) is 6.17. The molecule has 0 aliphatic rings. The van der Waals surface area contributed by atoms with Crippen LogP contribution in [-0.2, 0) is 6.54 Å². The van der Waals surface area contributed by atoms with E-state index in [1.807, 2.05) is 24.3 Å². The van der Waals surface area contributed by atoms with Crippen LogP contribution in [-0.4, -0.2) is 15.8 Å². The monoisotopic (exact) mass is 345 g/mol. The van der Waals surface area contributed by atoms with Crippen LogP contribution in [0.25, 0.3) is 11.0 Å². The van der Waals surface area contributed by atoms with Crippen LogP contribution >= 0.6 is 23.2 Å². The summed E-state index contributed by atoms with van der Waals surface area (Å²) in [6.45, 7) is 3.08. The number of unbranched alkanes of at least 4 members (excludes halogenated alkanes) is 1. The Labute approximate surface area is 145 Å². The fourth-order valence-corrected chi connectivity index (χ4v) is 2.89. The SMILES string of the molecule is CCCCn1c(N=Cc2ccc(Cl)cc2Cl)nc2ccccc21. The van der Waals surface area contributed by atoms with Crippen LogP contribution < -0.4 is 0 Å². The second kappa shape index (κ2) is 7.16. The van der Waals surface area contributed by atoms with Gasteiger partial charge in [0.1, 0.15) is 0 Å². The van der Waals surface area contributed by atoms with E-state index in [1.165, 1.54) is 0 Å². The Bertz CT molecular complexity index is 853. The van der Waals surface area contributed by atoms with Crippen molar-refractivity contribution in [2.75, 3.05) is 0 Å². The van der Waals surface area contributed by atoms with Crippen LogP contribution in [0, 0.1) is 0 Å². The summed E-state index contributed by atoms with van der Waals surface area (Å²) in [4.78, 5) is 9.18. The third-order valence-corrected chi connectivity index (χ3v) is 4.21. The molecule has 0 bridgehead atoms. The van der Waals surface area contributed by atoms with Gasteiger partial charge in [0.05, 0.1) is 16.1 Å². The first-order valence-electron chi connectivity index (χ1n) is 7.63. The van der Waals surface area contributed by atoms with Crippen molar-refractivity contribution in [3.8, 4) is 0 Å². The van der Waals surface area contributed by atoms with Crippen molar-refractivity contribution in [2.24, 2.45) is 4.99 Å². The van der Waals surface area contributed by atoms with E-state index in [0.29, 0.717) is 16.0 Å². The number of imidazole rings is 1. The Morgan fingerprint density at radius 2 is 2.00 bits per heavy atom. The fraction of sp³-hybridized carbons (Fsp3) is 0.222. The summed E-state index contributed by atoms with van der Waals surface area (Å²) in [7, 11) is 0. The van der Waals surface area contributed by atoms with Gasteiger partial charge in [0.15, 0.2) is 0 Å². The minimum Gasteiger partial charge on any atom is -0.308 e. The van der Waals surface area contributed by atoms with Crippen molar-refractivity contribution < 1.29 is 0 Å². The minimum atomic E-state index is 0.581. The van der Waals surface area contributed by atoms with E-state index in [9.17, 15) is 0 Å². The third-order valence-electron chi connectivity index (χ3n) is 3.65. The number of fused-ring (bicyclic) bond motifs is 1. The first kappa shape index (κ1) is 16.0. The quantitative estimate of drug-likeness (QED) is 0.530. The number of rotatable bonds is 5. The maximum absolute atomic E-state index is 6.19. The molecular formula is C18H17Cl2N3. The predicted molar refractivity (Wildman–Crippen MR) is 98.4 cm³/mol. The molecule has 23 heavy (non-hydrogen) atoms. The van der Waals surface area contributed by atoms with Crippen LogP contribution in [0.2, 0.25) is 10.0 Å². The molecule has 0 unspecified atom stereocenters. The normalized spacial score (nSPS) is 11.6. The highest BCUT2D eigenvalue weighted by molar-refractivity contribution is 6.36. The van der Waals surface area contributed by atoms with Gasteiger partial charge in [-0.1, -0.05) is 54.7 Å². The molecule has 0 radical (unpaired) electrons. The zero-order valence-electron chi connectivity index (χ0n) is 12.8. The van der Waals surface area contributed by atoms with Gasteiger partial charge in [0, 0.05) is 23.3 Å². The lowest BCUT2D eigenvalue weighted by atomic mass is 10.2. The summed E-state index contributed by atoms with van der Waals surface area (Å²) in [6, 6.07) is 13.5. The molecule has 118 valence electrons. The molecular weight excluding hydrogens is 329 g/mol.